The van der Waals surface area contributed by atoms with E-state index in [0.717, 1.165) is 0 Å². The Morgan fingerprint density at radius 2 is 1.69 bits per heavy atom. The van der Waals surface area contributed by atoms with Crippen LogP contribution in [0.15, 0.2) is 53.4 Å². The molecule has 158 valence electrons. The number of amides is 1. The number of halogens is 2. The normalized spacial score (nSPS) is 12.6. The van der Waals surface area contributed by atoms with Gasteiger partial charge < -0.3 is 14.8 Å². The number of hydrogen-bond acceptors (Lipinski definition) is 5. The minimum absolute atomic E-state index is 0.00869. The number of hydrogen-bond donors (Lipinski definition) is 2. The molecule has 0 saturated carbocycles. The summed E-state index contributed by atoms with van der Waals surface area (Å²) < 4.78 is 60.5. The van der Waals surface area contributed by atoms with E-state index in [0.29, 0.717) is 11.3 Å². The van der Waals surface area contributed by atoms with Crippen LogP contribution < -0.4 is 14.8 Å². The fourth-order valence-corrected chi connectivity index (χ4v) is 3.74. The highest BCUT2D eigenvalue weighted by atomic mass is 32.2. The van der Waals surface area contributed by atoms with Crippen molar-refractivity contribution in [1.82, 2.24) is 4.72 Å². The maximum atomic E-state index is 12.3. The quantitative estimate of drug-likeness (QED) is 0.607. The number of nitrogens with one attached hydrogen (secondary N) is 2. The molecule has 0 radical (unpaired) electrons. The number of carbonyl (C=O) groups is 1. The molecule has 2 N–H and O–H groups in total. The van der Waals surface area contributed by atoms with E-state index < -0.39 is 16.6 Å². The van der Waals surface area contributed by atoms with Crippen molar-refractivity contribution in [3.63, 3.8) is 0 Å². The zero-order valence-electron chi connectivity index (χ0n) is 15.9. The second-order valence-corrected chi connectivity index (χ2v) is 7.96. The molecule has 0 heterocycles. The summed E-state index contributed by atoms with van der Waals surface area (Å²) in [5, 5.41) is 2.65. The van der Waals surface area contributed by atoms with E-state index >= 15 is 0 Å². The molecule has 0 spiro atoms. The van der Waals surface area contributed by atoms with Crippen LogP contribution in [0.3, 0.4) is 0 Å². The Hall–Kier alpha value is -2.56. The summed E-state index contributed by atoms with van der Waals surface area (Å²) in [6, 6.07) is 11.1. The Kier molecular flexibility index (Phi) is 8.06. The Bertz CT molecular complexity index is 903. The van der Waals surface area contributed by atoms with Gasteiger partial charge in [0.1, 0.15) is 5.75 Å². The second kappa shape index (κ2) is 10.3. The van der Waals surface area contributed by atoms with E-state index in [1.807, 2.05) is 0 Å². The van der Waals surface area contributed by atoms with Gasteiger partial charge >= 0.3 is 6.61 Å². The lowest BCUT2D eigenvalue weighted by molar-refractivity contribution is -0.115. The van der Waals surface area contributed by atoms with Crippen molar-refractivity contribution in [3.8, 4) is 5.75 Å². The lowest BCUT2D eigenvalue weighted by Crippen LogP contribution is -2.35. The fourth-order valence-electron chi connectivity index (χ4n) is 2.51. The highest BCUT2D eigenvalue weighted by Gasteiger charge is 2.17. The summed E-state index contributed by atoms with van der Waals surface area (Å²) in [5.41, 5.74) is 1.04. The van der Waals surface area contributed by atoms with Crippen LogP contribution in [0.25, 0.3) is 0 Å². The molecule has 7 nitrogen and oxygen atoms in total. The Labute approximate surface area is 168 Å². The monoisotopic (exact) mass is 428 g/mol. The molecule has 0 aliphatic carbocycles. The van der Waals surface area contributed by atoms with Gasteiger partial charge in [0.15, 0.2) is 0 Å². The van der Waals surface area contributed by atoms with Crippen LogP contribution in [0.4, 0.5) is 14.5 Å². The second-order valence-electron chi connectivity index (χ2n) is 6.25. The molecule has 1 unspecified atom stereocenters. The first kappa shape index (κ1) is 22.7. The van der Waals surface area contributed by atoms with Gasteiger partial charge in [0, 0.05) is 18.8 Å². The molecule has 29 heavy (non-hydrogen) atoms. The van der Waals surface area contributed by atoms with Gasteiger partial charge in [0.2, 0.25) is 15.9 Å². The number of methoxy groups -OCH3 is 1. The van der Waals surface area contributed by atoms with Gasteiger partial charge in [0.25, 0.3) is 0 Å². The third-order valence-electron chi connectivity index (χ3n) is 3.73. The smallest absolute Gasteiger partial charge is 0.387 e. The summed E-state index contributed by atoms with van der Waals surface area (Å²) >= 11 is 0. The number of rotatable bonds is 10. The third-order valence-corrected chi connectivity index (χ3v) is 5.34. The maximum absolute atomic E-state index is 12.3. The summed E-state index contributed by atoms with van der Waals surface area (Å²) in [5.74, 6) is -0.329. The van der Waals surface area contributed by atoms with Gasteiger partial charge in [-0.1, -0.05) is 12.1 Å². The van der Waals surface area contributed by atoms with Gasteiger partial charge in [-0.25, -0.2) is 13.1 Å². The van der Waals surface area contributed by atoms with Crippen molar-refractivity contribution in [3.05, 3.63) is 54.1 Å². The van der Waals surface area contributed by atoms with Gasteiger partial charge in [0.05, 0.1) is 17.9 Å². The molecule has 1 atom stereocenters. The van der Waals surface area contributed by atoms with Crippen LogP contribution in [0.1, 0.15) is 12.5 Å². The van der Waals surface area contributed by atoms with Crippen molar-refractivity contribution >= 4 is 21.6 Å². The first-order valence-electron chi connectivity index (χ1n) is 8.64. The summed E-state index contributed by atoms with van der Waals surface area (Å²) in [4.78, 5) is 12.2. The van der Waals surface area contributed by atoms with Gasteiger partial charge in [-0.05, 0) is 48.9 Å². The summed E-state index contributed by atoms with van der Waals surface area (Å²) in [6.45, 7) is -0.987. The lowest BCUT2D eigenvalue weighted by Gasteiger charge is -2.13. The van der Waals surface area contributed by atoms with Gasteiger partial charge in [-0.15, -0.1) is 0 Å². The molecule has 2 aromatic carbocycles. The van der Waals surface area contributed by atoms with E-state index in [-0.39, 0.29) is 35.6 Å². The van der Waals surface area contributed by atoms with Gasteiger partial charge in [-0.2, -0.15) is 8.78 Å². The average Bonchev–Trinajstić information content (AvgIpc) is 2.63. The van der Waals surface area contributed by atoms with E-state index in [2.05, 4.69) is 14.8 Å². The van der Waals surface area contributed by atoms with Crippen LogP contribution in [0, 0.1) is 0 Å². The number of sulfonamides is 1. The third kappa shape index (κ3) is 7.41. The van der Waals surface area contributed by atoms with Crippen LogP contribution in [-0.2, 0) is 26.0 Å². The molecule has 0 saturated heterocycles. The highest BCUT2D eigenvalue weighted by Crippen LogP contribution is 2.17. The minimum atomic E-state index is -3.70. The molecule has 0 fully saturated rings. The maximum Gasteiger partial charge on any atom is 0.387 e. The highest BCUT2D eigenvalue weighted by molar-refractivity contribution is 7.89. The number of anilines is 1. The van der Waals surface area contributed by atoms with E-state index in [1.54, 1.807) is 6.92 Å². The van der Waals surface area contributed by atoms with Crippen LogP contribution in [0.2, 0.25) is 0 Å². The largest absolute Gasteiger partial charge is 0.435 e. The molecule has 0 aliphatic rings. The average molecular weight is 428 g/mol. The van der Waals surface area contributed by atoms with Crippen molar-refractivity contribution in [2.45, 2.75) is 30.9 Å². The van der Waals surface area contributed by atoms with Crippen LogP contribution >= 0.6 is 0 Å². The standard InChI is InChI=1S/C19H22F2N2O5S/c1-13(12-27-2)23-29(25,26)17-9-5-15(6-10-17)22-18(24)11-14-3-7-16(8-4-14)28-19(20)21/h3-10,13,19,23H,11-12H2,1-2H3,(H,22,24). The molecule has 0 aliphatic heterocycles. The molecule has 0 bridgehead atoms. The summed E-state index contributed by atoms with van der Waals surface area (Å²) in [7, 11) is -2.22. The van der Waals surface area contributed by atoms with E-state index in [4.69, 9.17) is 4.74 Å². The number of benzene rings is 2. The summed E-state index contributed by atoms with van der Waals surface area (Å²) in [6.07, 6.45) is 0.0189. The molecule has 2 rings (SSSR count). The number of carbonyl (C=O) groups excluding carboxylic acids is 1. The van der Waals surface area contributed by atoms with Gasteiger partial charge in [-0.3, -0.25) is 4.79 Å². The Morgan fingerprint density at radius 3 is 2.24 bits per heavy atom. The number of alkyl halides is 2. The molecule has 2 aromatic rings. The number of ether oxygens (including phenoxy) is 2. The Morgan fingerprint density at radius 1 is 1.07 bits per heavy atom. The fraction of sp³-hybridized carbons (Fsp3) is 0.316. The Balaban J connectivity index is 1.94. The molecular formula is C19H22F2N2O5S. The topological polar surface area (TPSA) is 93.7 Å². The molecule has 1 amide bonds. The lowest BCUT2D eigenvalue weighted by atomic mass is 10.1. The van der Waals surface area contributed by atoms with Crippen LogP contribution in [0.5, 0.6) is 5.75 Å². The predicted octanol–water partition coefficient (Wildman–Crippen LogP) is 2.78. The SMILES string of the molecule is COCC(C)NS(=O)(=O)c1ccc(NC(=O)Cc2ccc(OC(F)F)cc2)cc1. The predicted molar refractivity (Wildman–Crippen MR) is 104 cm³/mol. The molecule has 0 aromatic heterocycles. The zero-order valence-corrected chi connectivity index (χ0v) is 16.7. The molecule has 10 heteroatoms. The van der Waals surface area contributed by atoms with E-state index in [9.17, 15) is 22.0 Å². The van der Waals surface area contributed by atoms with Crippen molar-refractivity contribution in [1.29, 1.82) is 0 Å². The first-order chi connectivity index (χ1) is 13.7. The van der Waals surface area contributed by atoms with Crippen molar-refractivity contribution in [2.24, 2.45) is 0 Å². The van der Waals surface area contributed by atoms with E-state index in [1.165, 1.54) is 55.6 Å². The molecular weight excluding hydrogens is 406 g/mol. The zero-order chi connectivity index (χ0) is 21.4. The van der Waals surface area contributed by atoms with Crippen molar-refractivity contribution in [2.75, 3.05) is 19.0 Å². The first-order valence-corrected chi connectivity index (χ1v) is 10.1. The minimum Gasteiger partial charge on any atom is -0.435 e. The van der Waals surface area contributed by atoms with Crippen molar-refractivity contribution < 1.29 is 31.5 Å². The van der Waals surface area contributed by atoms with Crippen LogP contribution in [-0.4, -0.2) is 40.7 Å².